The molecule has 8 nitrogen and oxygen atoms in total. The minimum absolute atomic E-state index is 0.0108. The summed E-state index contributed by atoms with van der Waals surface area (Å²) in [7, 11) is 1.63. The van der Waals surface area contributed by atoms with Gasteiger partial charge in [0.1, 0.15) is 6.54 Å². The van der Waals surface area contributed by atoms with Crippen molar-refractivity contribution >= 4 is 5.91 Å². The SMILES string of the molecule is COc1ccc(CN(CC2CCCO2)C(=O)Cn2cccn2)cc1OCC1(C)COC1. The monoisotopic (exact) mass is 429 g/mol. The lowest BCUT2D eigenvalue weighted by Gasteiger charge is -2.37. The number of nitrogens with zero attached hydrogens (tertiary/aromatic N) is 3. The van der Waals surface area contributed by atoms with Gasteiger partial charge in [0.15, 0.2) is 11.5 Å². The fourth-order valence-electron chi connectivity index (χ4n) is 3.86. The van der Waals surface area contributed by atoms with Gasteiger partial charge in [-0.25, -0.2) is 0 Å². The molecule has 8 heteroatoms. The van der Waals surface area contributed by atoms with Gasteiger partial charge >= 0.3 is 0 Å². The van der Waals surface area contributed by atoms with Gasteiger partial charge in [0, 0.05) is 37.5 Å². The third-order valence-electron chi connectivity index (χ3n) is 5.74. The first-order valence-corrected chi connectivity index (χ1v) is 10.8. The molecule has 31 heavy (non-hydrogen) atoms. The van der Waals surface area contributed by atoms with Crippen molar-refractivity contribution in [2.75, 3.05) is 40.1 Å². The summed E-state index contributed by atoms with van der Waals surface area (Å²) in [6.07, 6.45) is 5.57. The molecule has 0 saturated carbocycles. The van der Waals surface area contributed by atoms with Gasteiger partial charge < -0.3 is 23.8 Å². The van der Waals surface area contributed by atoms with Crippen LogP contribution in [0.4, 0.5) is 0 Å². The summed E-state index contributed by atoms with van der Waals surface area (Å²) in [5.41, 5.74) is 1.02. The van der Waals surface area contributed by atoms with Crippen LogP contribution in [0.1, 0.15) is 25.3 Å². The third kappa shape index (κ3) is 5.57. The zero-order valence-corrected chi connectivity index (χ0v) is 18.3. The molecule has 0 radical (unpaired) electrons. The molecule has 0 N–H and O–H groups in total. The maximum Gasteiger partial charge on any atom is 0.244 e. The summed E-state index contributed by atoms with van der Waals surface area (Å²) in [6, 6.07) is 7.65. The average molecular weight is 430 g/mol. The van der Waals surface area contributed by atoms with Gasteiger partial charge in [-0.1, -0.05) is 13.0 Å². The fourth-order valence-corrected chi connectivity index (χ4v) is 3.86. The predicted octanol–water partition coefficient (Wildman–Crippen LogP) is 2.51. The molecule has 0 bridgehead atoms. The molecular formula is C23H31N3O5. The van der Waals surface area contributed by atoms with Crippen molar-refractivity contribution < 1.29 is 23.7 Å². The maximum absolute atomic E-state index is 13.1. The Bertz CT molecular complexity index is 860. The lowest BCUT2D eigenvalue weighted by Crippen LogP contribution is -2.44. The van der Waals surface area contributed by atoms with E-state index in [1.807, 2.05) is 29.2 Å². The Labute approximate surface area is 183 Å². The number of amides is 1. The molecule has 2 aliphatic heterocycles. The van der Waals surface area contributed by atoms with Crippen molar-refractivity contribution in [2.24, 2.45) is 5.41 Å². The van der Waals surface area contributed by atoms with Crippen LogP contribution in [0.15, 0.2) is 36.7 Å². The molecule has 1 amide bonds. The molecule has 2 aromatic rings. The number of rotatable bonds is 10. The van der Waals surface area contributed by atoms with Gasteiger partial charge in [0.05, 0.1) is 33.0 Å². The van der Waals surface area contributed by atoms with E-state index in [1.54, 1.807) is 24.2 Å². The molecule has 1 atom stereocenters. The number of hydrogen-bond donors (Lipinski definition) is 0. The van der Waals surface area contributed by atoms with E-state index in [2.05, 4.69) is 12.0 Å². The highest BCUT2D eigenvalue weighted by atomic mass is 16.5. The maximum atomic E-state index is 13.1. The summed E-state index contributed by atoms with van der Waals surface area (Å²) in [5.74, 6) is 1.38. The number of carbonyl (C=O) groups is 1. The highest BCUT2D eigenvalue weighted by molar-refractivity contribution is 5.76. The first-order valence-electron chi connectivity index (χ1n) is 10.8. The Morgan fingerprint density at radius 1 is 1.35 bits per heavy atom. The van der Waals surface area contributed by atoms with Crippen molar-refractivity contribution in [3.8, 4) is 11.5 Å². The van der Waals surface area contributed by atoms with E-state index in [1.165, 1.54) is 0 Å². The lowest BCUT2D eigenvalue weighted by atomic mass is 9.90. The molecule has 1 aromatic heterocycles. The minimum atomic E-state index is 0.0108. The first kappa shape index (κ1) is 21.6. The van der Waals surface area contributed by atoms with Gasteiger partial charge in [0.25, 0.3) is 0 Å². The van der Waals surface area contributed by atoms with Gasteiger partial charge in [-0.15, -0.1) is 0 Å². The molecule has 1 unspecified atom stereocenters. The molecule has 2 saturated heterocycles. The van der Waals surface area contributed by atoms with Crippen molar-refractivity contribution in [3.63, 3.8) is 0 Å². The fraction of sp³-hybridized carbons (Fsp3) is 0.565. The van der Waals surface area contributed by atoms with Crippen LogP contribution in [0.2, 0.25) is 0 Å². The third-order valence-corrected chi connectivity index (χ3v) is 5.74. The van der Waals surface area contributed by atoms with Crippen LogP contribution in [-0.4, -0.2) is 66.8 Å². The normalized spacial score (nSPS) is 19.6. The second kappa shape index (κ2) is 9.70. The molecular weight excluding hydrogens is 398 g/mol. The van der Waals surface area contributed by atoms with E-state index >= 15 is 0 Å². The van der Waals surface area contributed by atoms with Crippen molar-refractivity contribution in [1.82, 2.24) is 14.7 Å². The molecule has 4 rings (SSSR count). The molecule has 0 aliphatic carbocycles. The average Bonchev–Trinajstić information content (AvgIpc) is 3.45. The Balaban J connectivity index is 1.47. The molecule has 0 spiro atoms. The topological polar surface area (TPSA) is 75.1 Å². The van der Waals surface area contributed by atoms with E-state index < -0.39 is 0 Å². The molecule has 3 heterocycles. The van der Waals surface area contributed by atoms with E-state index in [9.17, 15) is 4.79 Å². The molecule has 2 aliphatic rings. The van der Waals surface area contributed by atoms with Crippen LogP contribution in [-0.2, 0) is 27.4 Å². The molecule has 168 valence electrons. The highest BCUT2D eigenvalue weighted by Gasteiger charge is 2.34. The summed E-state index contributed by atoms with van der Waals surface area (Å²) in [4.78, 5) is 14.9. The lowest BCUT2D eigenvalue weighted by molar-refractivity contribution is -0.134. The Morgan fingerprint density at radius 3 is 2.87 bits per heavy atom. The Hall–Kier alpha value is -2.58. The summed E-state index contributed by atoms with van der Waals surface area (Å²) in [5, 5.41) is 4.17. The van der Waals surface area contributed by atoms with Crippen LogP contribution in [0.5, 0.6) is 11.5 Å². The Kier molecular flexibility index (Phi) is 6.77. The molecule has 2 fully saturated rings. The van der Waals surface area contributed by atoms with E-state index in [-0.39, 0.29) is 24.0 Å². The number of hydrogen-bond acceptors (Lipinski definition) is 6. The van der Waals surface area contributed by atoms with Crippen LogP contribution in [0.25, 0.3) is 0 Å². The zero-order chi connectivity index (χ0) is 21.7. The summed E-state index contributed by atoms with van der Waals surface area (Å²) in [6.45, 7) is 6.11. The number of aromatic nitrogens is 2. The molecule has 1 aromatic carbocycles. The minimum Gasteiger partial charge on any atom is -0.493 e. The smallest absolute Gasteiger partial charge is 0.244 e. The number of benzene rings is 1. The van der Waals surface area contributed by atoms with Crippen LogP contribution >= 0.6 is 0 Å². The van der Waals surface area contributed by atoms with Crippen LogP contribution in [0.3, 0.4) is 0 Å². The standard InChI is InChI=1S/C23H31N3O5/c1-23(15-29-16-23)17-31-21-11-18(6-7-20(21)28-2)12-25(13-19-5-3-10-30-19)22(27)14-26-9-4-8-24-26/h4,6-9,11,19H,3,5,10,12-17H2,1-2H3. The quantitative estimate of drug-likeness (QED) is 0.578. The number of carbonyl (C=O) groups excluding carboxylic acids is 1. The van der Waals surface area contributed by atoms with Crippen molar-refractivity contribution in [3.05, 3.63) is 42.2 Å². The van der Waals surface area contributed by atoms with Crippen LogP contribution in [0, 0.1) is 5.41 Å². The summed E-state index contributed by atoms with van der Waals surface area (Å²) < 4.78 is 24.3. The predicted molar refractivity (Wildman–Crippen MR) is 114 cm³/mol. The second-order valence-corrected chi connectivity index (χ2v) is 8.69. The van der Waals surface area contributed by atoms with Crippen LogP contribution < -0.4 is 9.47 Å². The largest absolute Gasteiger partial charge is 0.493 e. The van der Waals surface area contributed by atoms with Crippen molar-refractivity contribution in [1.29, 1.82) is 0 Å². The van der Waals surface area contributed by atoms with Crippen molar-refractivity contribution in [2.45, 2.75) is 39.0 Å². The highest BCUT2D eigenvalue weighted by Crippen LogP contribution is 2.33. The Morgan fingerprint density at radius 2 is 2.23 bits per heavy atom. The van der Waals surface area contributed by atoms with Gasteiger partial charge in [0.2, 0.25) is 5.91 Å². The van der Waals surface area contributed by atoms with Gasteiger partial charge in [-0.3, -0.25) is 9.48 Å². The van der Waals surface area contributed by atoms with E-state index in [4.69, 9.17) is 18.9 Å². The van der Waals surface area contributed by atoms with E-state index in [0.717, 1.165) is 25.0 Å². The van der Waals surface area contributed by atoms with Gasteiger partial charge in [-0.05, 0) is 36.6 Å². The number of ether oxygens (including phenoxy) is 4. The van der Waals surface area contributed by atoms with E-state index in [0.29, 0.717) is 44.4 Å². The number of methoxy groups -OCH3 is 1. The van der Waals surface area contributed by atoms with Gasteiger partial charge in [-0.2, -0.15) is 5.10 Å². The first-order chi connectivity index (χ1) is 15.0. The summed E-state index contributed by atoms with van der Waals surface area (Å²) >= 11 is 0. The second-order valence-electron chi connectivity index (χ2n) is 8.69. The zero-order valence-electron chi connectivity index (χ0n) is 18.3.